The highest BCUT2D eigenvalue weighted by Crippen LogP contribution is 2.26. The van der Waals surface area contributed by atoms with Crippen LogP contribution in [0.15, 0.2) is 54.6 Å². The number of aliphatic hydroxyl groups is 2. The fourth-order valence-electron chi connectivity index (χ4n) is 3.20. The molecule has 3 rings (SSSR count). The molecule has 1 aliphatic heterocycles. The summed E-state index contributed by atoms with van der Waals surface area (Å²) in [4.78, 5) is 10.6. The van der Waals surface area contributed by atoms with Gasteiger partial charge in [-0.2, -0.15) is 0 Å². The first kappa shape index (κ1) is 19.1. The second-order valence-corrected chi connectivity index (χ2v) is 6.16. The van der Waals surface area contributed by atoms with E-state index in [1.54, 1.807) is 0 Å². The second kappa shape index (κ2) is 9.93. The molecule has 5 nitrogen and oxygen atoms in total. The van der Waals surface area contributed by atoms with Crippen LogP contribution in [0.4, 0.5) is 0 Å². The van der Waals surface area contributed by atoms with Crippen LogP contribution in [-0.2, 0) is 11.3 Å². The molecule has 0 aromatic heterocycles. The topological polar surface area (TPSA) is 81.0 Å². The minimum Gasteiger partial charge on any atom is -0.483 e. The van der Waals surface area contributed by atoms with Gasteiger partial charge in [-0.25, -0.2) is 0 Å². The minimum atomic E-state index is -0.428. The lowest BCUT2D eigenvalue weighted by Gasteiger charge is -2.35. The Hall–Kier alpha value is -2.21. The molecule has 0 spiro atoms. The van der Waals surface area contributed by atoms with Crippen LogP contribution >= 0.6 is 0 Å². The summed E-state index contributed by atoms with van der Waals surface area (Å²) in [5.41, 5.74) is 3.76. The quantitative estimate of drug-likeness (QED) is 0.742. The molecule has 0 bridgehead atoms. The largest absolute Gasteiger partial charge is 0.483 e. The van der Waals surface area contributed by atoms with E-state index in [0.29, 0.717) is 6.54 Å². The molecule has 1 aliphatic rings. The van der Waals surface area contributed by atoms with Crippen molar-refractivity contribution in [3.05, 3.63) is 60.2 Å². The van der Waals surface area contributed by atoms with Crippen molar-refractivity contribution in [2.45, 2.75) is 19.1 Å². The number of hydrogen-bond acceptors (Lipinski definition) is 4. The van der Waals surface area contributed by atoms with E-state index < -0.39 is 6.10 Å². The van der Waals surface area contributed by atoms with Crippen LogP contribution in [-0.4, -0.2) is 52.5 Å². The smallest absolute Gasteiger partial charge is 0.290 e. The molecule has 1 fully saturated rings. The molecule has 25 heavy (non-hydrogen) atoms. The van der Waals surface area contributed by atoms with Crippen molar-refractivity contribution in [3.63, 3.8) is 0 Å². The Kier molecular flexibility index (Phi) is 7.60. The van der Waals surface area contributed by atoms with E-state index in [1.165, 1.54) is 16.7 Å². The van der Waals surface area contributed by atoms with Gasteiger partial charge in [0.15, 0.2) is 0 Å². The third-order valence-corrected chi connectivity index (χ3v) is 4.54. The lowest BCUT2D eigenvalue weighted by atomic mass is 9.93. The van der Waals surface area contributed by atoms with Crippen molar-refractivity contribution in [2.75, 3.05) is 19.7 Å². The Morgan fingerprint density at radius 3 is 2.36 bits per heavy atom. The highest BCUT2D eigenvalue weighted by molar-refractivity contribution is 5.67. The highest BCUT2D eigenvalue weighted by Gasteiger charge is 2.27. The number of carbonyl (C=O) groups is 1. The SMILES string of the molecule is O=CO.OC[C@H]1CCN(Cc2ccccc2-c2ccccc2)C[C@@H]1O. The van der Waals surface area contributed by atoms with Crippen LogP contribution in [0.25, 0.3) is 11.1 Å². The van der Waals surface area contributed by atoms with Crippen LogP contribution in [0.2, 0.25) is 0 Å². The molecule has 134 valence electrons. The van der Waals surface area contributed by atoms with Gasteiger partial charge in [0, 0.05) is 25.6 Å². The summed E-state index contributed by atoms with van der Waals surface area (Å²) in [5, 5.41) is 26.2. The first-order valence-corrected chi connectivity index (χ1v) is 8.42. The molecule has 1 heterocycles. The van der Waals surface area contributed by atoms with Crippen molar-refractivity contribution in [3.8, 4) is 11.1 Å². The minimum absolute atomic E-state index is 0.0283. The molecule has 0 radical (unpaired) electrons. The lowest BCUT2D eigenvalue weighted by Crippen LogP contribution is -2.44. The van der Waals surface area contributed by atoms with Gasteiger partial charge in [0.2, 0.25) is 0 Å². The van der Waals surface area contributed by atoms with Gasteiger partial charge >= 0.3 is 0 Å². The molecule has 5 heteroatoms. The molecular formula is C20H25NO4. The lowest BCUT2D eigenvalue weighted by molar-refractivity contribution is -0.122. The Morgan fingerprint density at radius 2 is 1.72 bits per heavy atom. The molecule has 0 saturated carbocycles. The Bertz CT molecular complexity index is 647. The standard InChI is InChI=1S/C19H23NO2.CH2O2/c21-14-17-10-11-20(13-19(17)22)12-16-8-4-5-9-18(16)15-6-2-1-3-7-15;2-1-3/h1-9,17,19,21-22H,10-14H2;1H,(H,2,3)/t17-,19+;/m1./s1. The number of rotatable bonds is 4. The maximum atomic E-state index is 10.1. The number of carboxylic acid groups (broad SMARTS) is 1. The van der Waals surface area contributed by atoms with Crippen LogP contribution in [0.1, 0.15) is 12.0 Å². The first-order valence-electron chi connectivity index (χ1n) is 8.42. The van der Waals surface area contributed by atoms with Gasteiger partial charge in [-0.3, -0.25) is 9.69 Å². The Morgan fingerprint density at radius 1 is 1.08 bits per heavy atom. The third-order valence-electron chi connectivity index (χ3n) is 4.54. The van der Waals surface area contributed by atoms with Crippen LogP contribution in [0.3, 0.4) is 0 Å². The molecule has 2 aromatic rings. The number of hydrogen-bond donors (Lipinski definition) is 3. The first-order chi connectivity index (χ1) is 12.2. The molecule has 1 saturated heterocycles. The van der Waals surface area contributed by atoms with E-state index >= 15 is 0 Å². The molecule has 0 amide bonds. The zero-order valence-corrected chi connectivity index (χ0v) is 14.2. The van der Waals surface area contributed by atoms with Crippen molar-refractivity contribution in [1.82, 2.24) is 4.90 Å². The predicted molar refractivity (Wildman–Crippen MR) is 97.0 cm³/mol. The summed E-state index contributed by atoms with van der Waals surface area (Å²) in [6.45, 7) is 2.22. The molecule has 0 aliphatic carbocycles. The van der Waals surface area contributed by atoms with E-state index in [-0.39, 0.29) is 19.0 Å². The van der Waals surface area contributed by atoms with Crippen molar-refractivity contribution >= 4 is 6.47 Å². The summed E-state index contributed by atoms with van der Waals surface area (Å²) in [6.07, 6.45) is 0.424. The molecule has 0 unspecified atom stereocenters. The number of likely N-dealkylation sites (tertiary alicyclic amines) is 1. The van der Waals surface area contributed by atoms with Gasteiger partial charge in [0.25, 0.3) is 6.47 Å². The molecule has 3 N–H and O–H groups in total. The fourth-order valence-corrected chi connectivity index (χ4v) is 3.20. The van der Waals surface area contributed by atoms with Crippen LogP contribution < -0.4 is 0 Å². The zero-order chi connectivity index (χ0) is 18.1. The van der Waals surface area contributed by atoms with Crippen molar-refractivity contribution in [2.24, 2.45) is 5.92 Å². The highest BCUT2D eigenvalue weighted by atomic mass is 16.3. The van der Waals surface area contributed by atoms with Gasteiger partial charge in [-0.15, -0.1) is 0 Å². The van der Waals surface area contributed by atoms with E-state index in [2.05, 4.69) is 53.4 Å². The second-order valence-electron chi connectivity index (χ2n) is 6.16. The number of nitrogens with zero attached hydrogens (tertiary/aromatic N) is 1. The van der Waals surface area contributed by atoms with Crippen molar-refractivity contribution in [1.29, 1.82) is 0 Å². The number of piperidine rings is 1. The Balaban J connectivity index is 0.000000701. The van der Waals surface area contributed by atoms with Gasteiger partial charge in [0.1, 0.15) is 0 Å². The number of β-amino-alcohol motifs (C(OH)–C–C–N with tert-alkyl or cyclic N) is 1. The average molecular weight is 343 g/mol. The van der Waals surface area contributed by atoms with Gasteiger partial charge < -0.3 is 15.3 Å². The summed E-state index contributed by atoms with van der Waals surface area (Å²) < 4.78 is 0. The monoisotopic (exact) mass is 343 g/mol. The average Bonchev–Trinajstić information content (AvgIpc) is 2.64. The van der Waals surface area contributed by atoms with Gasteiger partial charge in [-0.05, 0) is 29.7 Å². The van der Waals surface area contributed by atoms with Gasteiger partial charge in [0.05, 0.1) is 6.10 Å². The number of benzene rings is 2. The summed E-state index contributed by atoms with van der Waals surface area (Å²) in [7, 11) is 0. The third kappa shape index (κ3) is 5.39. The normalized spacial score (nSPS) is 20.4. The maximum absolute atomic E-state index is 10.1. The van der Waals surface area contributed by atoms with E-state index in [0.717, 1.165) is 19.5 Å². The predicted octanol–water partition coefficient (Wildman–Crippen LogP) is 2.23. The van der Waals surface area contributed by atoms with Crippen LogP contribution in [0, 0.1) is 5.92 Å². The van der Waals surface area contributed by atoms with Crippen molar-refractivity contribution < 1.29 is 20.1 Å². The van der Waals surface area contributed by atoms with E-state index in [1.807, 2.05) is 6.07 Å². The summed E-state index contributed by atoms with van der Waals surface area (Å²) in [6, 6.07) is 18.9. The summed E-state index contributed by atoms with van der Waals surface area (Å²) >= 11 is 0. The zero-order valence-electron chi connectivity index (χ0n) is 14.2. The molecule has 2 aromatic carbocycles. The fraction of sp³-hybridized carbons (Fsp3) is 0.350. The molecule has 2 atom stereocenters. The van der Waals surface area contributed by atoms with E-state index in [9.17, 15) is 10.2 Å². The molecular weight excluding hydrogens is 318 g/mol. The van der Waals surface area contributed by atoms with Gasteiger partial charge in [-0.1, -0.05) is 54.6 Å². The summed E-state index contributed by atoms with van der Waals surface area (Å²) in [5.74, 6) is 0.0283. The Labute approximate surface area is 148 Å². The van der Waals surface area contributed by atoms with Crippen LogP contribution in [0.5, 0.6) is 0 Å². The number of aliphatic hydroxyl groups excluding tert-OH is 2. The maximum Gasteiger partial charge on any atom is 0.290 e. The van der Waals surface area contributed by atoms with E-state index in [4.69, 9.17) is 9.90 Å².